The van der Waals surface area contributed by atoms with Crippen molar-refractivity contribution >= 4 is 55.6 Å². The van der Waals surface area contributed by atoms with E-state index in [-0.39, 0.29) is 95.2 Å². The normalized spacial score (nSPS) is 7.75. The van der Waals surface area contributed by atoms with E-state index in [0.717, 1.165) is 43.6 Å². The van der Waals surface area contributed by atoms with Gasteiger partial charge in [0.05, 0.1) is 44.2 Å². The number of nitrogens with zero attached hydrogens (tertiary/aromatic N) is 6. The quantitative estimate of drug-likeness (QED) is 0.0727. The van der Waals surface area contributed by atoms with Gasteiger partial charge in [0.25, 0.3) is 0 Å². The van der Waals surface area contributed by atoms with Crippen molar-refractivity contribution in [1.82, 2.24) is 19.9 Å². The Morgan fingerprint density at radius 3 is 0.737 bits per heavy atom. The Morgan fingerprint density at radius 2 is 0.614 bits per heavy atom. The van der Waals surface area contributed by atoms with Crippen LogP contribution in [0.15, 0.2) is 122 Å². The van der Waals surface area contributed by atoms with Gasteiger partial charge in [-0.05, 0) is 49.3 Å². The van der Waals surface area contributed by atoms with E-state index in [4.69, 9.17) is 30.6 Å². The van der Waals surface area contributed by atoms with Crippen LogP contribution in [0.5, 0.6) is 0 Å². The van der Waals surface area contributed by atoms with Crippen molar-refractivity contribution in [2.24, 2.45) is 0 Å². The minimum Gasteiger partial charge on any atom is -0.870 e. The first kappa shape index (κ1) is 72.5. The van der Waals surface area contributed by atoms with Crippen molar-refractivity contribution in [2.45, 2.75) is 13.8 Å². The van der Waals surface area contributed by atoms with Crippen molar-refractivity contribution in [3.05, 3.63) is 153 Å². The smallest absolute Gasteiger partial charge is 0.870 e. The SMILES string of the molecule is C=C(C)C(=O)[O-].C=C(C)C(=O)[O-].O.O.O.O.O=[N+]([O-])[O-].O=[N+]([O-])[O-].[Cu+2].[Cu+2].[Cu+2].[OH-].[OH-].c1cnc2c(c1)ccc1cccnc12.c1cnc2c(c1)ccc1cccnc12. The summed E-state index contributed by atoms with van der Waals surface area (Å²) >= 11 is 0. The Bertz CT molecular complexity index is 1790. The number of carbonyl (C=O) groups excluding carboxylic acids is 2. The molecule has 25 heteroatoms. The summed E-state index contributed by atoms with van der Waals surface area (Å²) in [5, 5.41) is 53.0. The fourth-order valence-corrected chi connectivity index (χ4v) is 3.36. The van der Waals surface area contributed by atoms with Gasteiger partial charge in [0, 0.05) is 46.3 Å². The molecule has 10 N–H and O–H groups in total. The number of hydrogen-bond acceptors (Lipinski definition) is 16. The molecule has 0 saturated heterocycles. The number of fused-ring (bicyclic) bond motifs is 6. The zero-order valence-electron chi connectivity index (χ0n) is 29.2. The average Bonchev–Trinajstić information content (AvgIpc) is 3.05. The molecule has 22 nitrogen and oxygen atoms in total. The van der Waals surface area contributed by atoms with Gasteiger partial charge in [-0.25, -0.2) is 0 Å². The fourth-order valence-electron chi connectivity index (χ4n) is 3.36. The molecule has 0 aliphatic heterocycles. The summed E-state index contributed by atoms with van der Waals surface area (Å²) in [5.74, 6) is -2.37. The number of carbonyl (C=O) groups is 2. The van der Waals surface area contributed by atoms with Gasteiger partial charge >= 0.3 is 51.2 Å². The van der Waals surface area contributed by atoms with E-state index in [0.29, 0.717) is 0 Å². The molecule has 0 fully saturated rings. The molecule has 3 radical (unpaired) electrons. The van der Waals surface area contributed by atoms with Gasteiger partial charge < -0.3 is 83.3 Å². The van der Waals surface area contributed by atoms with Crippen molar-refractivity contribution in [3.63, 3.8) is 0 Å². The second-order valence-electron chi connectivity index (χ2n) is 9.01. The van der Waals surface area contributed by atoms with Crippen LogP contribution in [-0.2, 0) is 60.8 Å². The van der Waals surface area contributed by atoms with Gasteiger partial charge in [0.15, 0.2) is 0 Å². The Hall–Kier alpha value is -5.78. The number of aliphatic carboxylic acids is 2. The molecule has 323 valence electrons. The molecule has 2 aromatic carbocycles. The third kappa shape index (κ3) is 28.3. The molecule has 4 aromatic heterocycles. The maximum Gasteiger partial charge on any atom is 2.00 e. The molecule has 6 aromatic rings. The van der Waals surface area contributed by atoms with Crippen LogP contribution in [0.3, 0.4) is 0 Å². The van der Waals surface area contributed by atoms with Crippen LogP contribution in [0, 0.1) is 30.6 Å². The third-order valence-electron chi connectivity index (χ3n) is 5.39. The van der Waals surface area contributed by atoms with E-state index >= 15 is 0 Å². The summed E-state index contributed by atoms with van der Waals surface area (Å²) in [4.78, 5) is 52.9. The van der Waals surface area contributed by atoms with Crippen LogP contribution >= 0.6 is 0 Å². The zero-order valence-corrected chi connectivity index (χ0v) is 32.0. The Morgan fingerprint density at radius 1 is 0.474 bits per heavy atom. The second kappa shape index (κ2) is 38.5. The van der Waals surface area contributed by atoms with E-state index in [1.807, 2.05) is 24.3 Å². The largest absolute Gasteiger partial charge is 2.00 e. The predicted molar refractivity (Wildman–Crippen MR) is 193 cm³/mol. The van der Waals surface area contributed by atoms with Crippen LogP contribution in [0.25, 0.3) is 43.6 Å². The summed E-state index contributed by atoms with van der Waals surface area (Å²) in [7, 11) is 0. The second-order valence-corrected chi connectivity index (χ2v) is 9.01. The number of carboxylic acids is 2. The summed E-state index contributed by atoms with van der Waals surface area (Å²) in [6.07, 6.45) is 7.21. The van der Waals surface area contributed by atoms with Crippen LogP contribution in [0.2, 0.25) is 0 Å². The minimum atomic E-state index is -1.75. The molecule has 6 rings (SSSR count). The average molecular weight is 951 g/mol. The van der Waals surface area contributed by atoms with E-state index < -0.39 is 22.1 Å². The molecule has 0 aliphatic carbocycles. The van der Waals surface area contributed by atoms with Crippen molar-refractivity contribution in [3.8, 4) is 0 Å². The zero-order chi connectivity index (χ0) is 36.2. The van der Waals surface area contributed by atoms with Gasteiger partial charge in [0.2, 0.25) is 0 Å². The van der Waals surface area contributed by atoms with Crippen LogP contribution in [-0.4, -0.2) is 74.9 Å². The Kier molecular flexibility index (Phi) is 48.9. The number of hydrogen-bond donors (Lipinski definition) is 0. The number of pyridine rings is 4. The summed E-state index contributed by atoms with van der Waals surface area (Å²) in [6, 6.07) is 24.3. The Balaban J connectivity index is -0.0000000722. The first-order valence-corrected chi connectivity index (χ1v) is 13.2. The van der Waals surface area contributed by atoms with Gasteiger partial charge in [-0.3, -0.25) is 19.9 Å². The molecular formula is C32H36Cu3N6O16. The predicted octanol–water partition coefficient (Wildman–Crippen LogP) is 0.0527. The molecular weight excluding hydrogens is 915 g/mol. The van der Waals surface area contributed by atoms with E-state index in [1.165, 1.54) is 13.8 Å². The van der Waals surface area contributed by atoms with E-state index in [9.17, 15) is 19.8 Å². The Labute approximate surface area is 354 Å². The van der Waals surface area contributed by atoms with Crippen LogP contribution in [0.1, 0.15) is 13.8 Å². The molecule has 0 spiro atoms. The molecule has 57 heavy (non-hydrogen) atoms. The molecule has 4 heterocycles. The summed E-state index contributed by atoms with van der Waals surface area (Å²) in [6.45, 7) is 8.95. The molecule has 0 atom stereocenters. The number of benzene rings is 2. The first-order valence-electron chi connectivity index (χ1n) is 13.2. The minimum absolute atomic E-state index is 0. The van der Waals surface area contributed by atoms with Crippen molar-refractivity contribution < 1.29 is 114 Å². The van der Waals surface area contributed by atoms with Crippen molar-refractivity contribution in [1.29, 1.82) is 0 Å². The molecule has 0 bridgehead atoms. The standard InChI is InChI=1S/2C12H8N2.2C4H6O2.3Cu.2NO3.6H2O/c2*1-3-9-5-6-10-4-2-8-14-12(10)11(9)13-7-1;2*1-3(2)4(5)6;;;;2*2-1(3)4;;;;;;/h2*1-8H;2*1H2,2H3,(H,5,6);;;;;;6*1H2/q;;;;3*+2;2*-1;;;;;;/p-4. The van der Waals surface area contributed by atoms with Crippen molar-refractivity contribution in [2.75, 3.05) is 0 Å². The van der Waals surface area contributed by atoms with Gasteiger partial charge in [-0.15, -0.1) is 0 Å². The van der Waals surface area contributed by atoms with Gasteiger partial charge in [0.1, 0.15) is 0 Å². The maximum absolute atomic E-state index is 9.49. The maximum atomic E-state index is 9.49. The van der Waals surface area contributed by atoms with Gasteiger partial charge in [-0.2, -0.15) is 0 Å². The molecule has 0 amide bonds. The number of aromatic nitrogens is 4. The summed E-state index contributed by atoms with van der Waals surface area (Å²) < 4.78 is 0. The molecule has 0 unspecified atom stereocenters. The topological polar surface area (TPSA) is 450 Å². The first-order chi connectivity index (χ1) is 22.6. The van der Waals surface area contributed by atoms with Crippen LogP contribution in [0.4, 0.5) is 0 Å². The third-order valence-corrected chi connectivity index (χ3v) is 5.39. The fraction of sp³-hybridized carbons (Fsp3) is 0.0625. The number of rotatable bonds is 2. The monoisotopic (exact) mass is 949 g/mol. The molecule has 0 aliphatic rings. The van der Waals surface area contributed by atoms with E-state index in [1.54, 1.807) is 24.8 Å². The number of carboxylic acid groups (broad SMARTS) is 2. The summed E-state index contributed by atoms with van der Waals surface area (Å²) in [5.41, 5.74) is 4.04. The van der Waals surface area contributed by atoms with Gasteiger partial charge in [-0.1, -0.05) is 61.7 Å². The van der Waals surface area contributed by atoms with E-state index in [2.05, 4.69) is 81.6 Å². The van der Waals surface area contributed by atoms with Crippen LogP contribution < -0.4 is 10.2 Å². The molecule has 0 saturated carbocycles.